The van der Waals surface area contributed by atoms with Crippen LogP contribution in [0.25, 0.3) is 0 Å². The fourth-order valence-corrected chi connectivity index (χ4v) is 2.82. The third-order valence-corrected chi connectivity index (χ3v) is 3.61. The standard InChI is InChI=1S/C13H20ClN3O/c1-8-4-9(2)6-10(5-8)18-12-11(14)7-16-13(15-3)17-12/h7-10H,4-6H2,1-3H3,(H,15,16,17). The van der Waals surface area contributed by atoms with E-state index >= 15 is 0 Å². The molecule has 2 rings (SSSR count). The lowest BCUT2D eigenvalue weighted by Crippen LogP contribution is -2.29. The highest BCUT2D eigenvalue weighted by Gasteiger charge is 2.26. The summed E-state index contributed by atoms with van der Waals surface area (Å²) in [5, 5.41) is 3.36. The average molecular weight is 270 g/mol. The molecule has 2 unspecified atom stereocenters. The van der Waals surface area contributed by atoms with Crippen molar-refractivity contribution in [2.45, 2.75) is 39.2 Å². The van der Waals surface area contributed by atoms with Crippen molar-refractivity contribution >= 4 is 17.5 Å². The molecule has 100 valence electrons. The summed E-state index contributed by atoms with van der Waals surface area (Å²) in [4.78, 5) is 8.30. The Balaban J connectivity index is 2.08. The van der Waals surface area contributed by atoms with Gasteiger partial charge >= 0.3 is 0 Å². The van der Waals surface area contributed by atoms with Crippen LogP contribution in [0.15, 0.2) is 6.20 Å². The van der Waals surface area contributed by atoms with Crippen LogP contribution in [-0.4, -0.2) is 23.1 Å². The van der Waals surface area contributed by atoms with Gasteiger partial charge in [-0.1, -0.05) is 25.4 Å². The summed E-state index contributed by atoms with van der Waals surface area (Å²) in [6, 6.07) is 0. The first-order valence-corrected chi connectivity index (χ1v) is 6.83. The van der Waals surface area contributed by atoms with E-state index in [9.17, 15) is 0 Å². The molecule has 0 spiro atoms. The van der Waals surface area contributed by atoms with Gasteiger partial charge in [-0.15, -0.1) is 0 Å². The van der Waals surface area contributed by atoms with Crippen molar-refractivity contribution in [1.29, 1.82) is 0 Å². The minimum absolute atomic E-state index is 0.209. The third-order valence-electron chi connectivity index (χ3n) is 3.35. The smallest absolute Gasteiger partial charge is 0.237 e. The SMILES string of the molecule is CNc1ncc(Cl)c(OC2CC(C)CC(C)C2)n1. The lowest BCUT2D eigenvalue weighted by atomic mass is 9.82. The molecule has 0 saturated heterocycles. The Morgan fingerprint density at radius 3 is 2.56 bits per heavy atom. The Morgan fingerprint density at radius 1 is 1.28 bits per heavy atom. The fraction of sp³-hybridized carbons (Fsp3) is 0.692. The predicted octanol–water partition coefficient (Wildman–Crippen LogP) is 3.38. The zero-order chi connectivity index (χ0) is 13.1. The molecule has 18 heavy (non-hydrogen) atoms. The van der Waals surface area contributed by atoms with Crippen LogP contribution in [0.5, 0.6) is 5.88 Å². The van der Waals surface area contributed by atoms with Crippen molar-refractivity contribution in [2.75, 3.05) is 12.4 Å². The summed E-state index contributed by atoms with van der Waals surface area (Å²) in [7, 11) is 1.78. The molecule has 1 aromatic rings. The molecule has 0 amide bonds. The Hall–Kier alpha value is -1.03. The number of anilines is 1. The topological polar surface area (TPSA) is 47.0 Å². The second-order valence-corrected chi connectivity index (χ2v) is 5.66. The molecule has 1 aliphatic rings. The van der Waals surface area contributed by atoms with E-state index in [-0.39, 0.29) is 6.10 Å². The molecule has 4 nitrogen and oxygen atoms in total. The number of halogens is 1. The molecule has 1 saturated carbocycles. The van der Waals surface area contributed by atoms with E-state index in [2.05, 4.69) is 29.1 Å². The highest BCUT2D eigenvalue weighted by atomic mass is 35.5. The average Bonchev–Trinajstić information content (AvgIpc) is 2.30. The maximum absolute atomic E-state index is 6.07. The molecular formula is C13H20ClN3O. The second kappa shape index (κ2) is 5.74. The lowest BCUT2D eigenvalue weighted by molar-refractivity contribution is 0.0968. The molecule has 1 N–H and O–H groups in total. The van der Waals surface area contributed by atoms with E-state index in [1.165, 1.54) is 6.42 Å². The van der Waals surface area contributed by atoms with Gasteiger partial charge in [-0.05, 0) is 31.1 Å². The third kappa shape index (κ3) is 3.25. The van der Waals surface area contributed by atoms with E-state index < -0.39 is 0 Å². The van der Waals surface area contributed by atoms with Crippen LogP contribution in [-0.2, 0) is 0 Å². The van der Waals surface area contributed by atoms with Gasteiger partial charge in [0.05, 0.1) is 6.20 Å². The molecule has 1 aliphatic carbocycles. The van der Waals surface area contributed by atoms with Crippen molar-refractivity contribution in [3.63, 3.8) is 0 Å². The number of nitrogens with zero attached hydrogens (tertiary/aromatic N) is 2. The minimum Gasteiger partial charge on any atom is -0.473 e. The summed E-state index contributed by atoms with van der Waals surface area (Å²) in [6.07, 6.45) is 5.20. The van der Waals surface area contributed by atoms with E-state index in [1.54, 1.807) is 13.2 Å². The molecule has 0 aliphatic heterocycles. The lowest BCUT2D eigenvalue weighted by Gasteiger charge is -2.31. The van der Waals surface area contributed by atoms with Crippen LogP contribution in [0.4, 0.5) is 5.95 Å². The molecule has 1 heterocycles. The van der Waals surface area contributed by atoms with Gasteiger partial charge in [0.25, 0.3) is 0 Å². The number of aromatic nitrogens is 2. The van der Waals surface area contributed by atoms with E-state index in [4.69, 9.17) is 16.3 Å². The monoisotopic (exact) mass is 269 g/mol. The number of nitrogens with one attached hydrogen (secondary N) is 1. The molecule has 0 aromatic carbocycles. The Morgan fingerprint density at radius 2 is 1.94 bits per heavy atom. The van der Waals surface area contributed by atoms with Gasteiger partial charge in [-0.2, -0.15) is 4.98 Å². The molecule has 0 radical (unpaired) electrons. The van der Waals surface area contributed by atoms with Crippen molar-refractivity contribution in [3.8, 4) is 5.88 Å². The number of rotatable bonds is 3. The van der Waals surface area contributed by atoms with E-state index in [0.717, 1.165) is 12.8 Å². The summed E-state index contributed by atoms with van der Waals surface area (Å²) >= 11 is 6.07. The first kappa shape index (κ1) is 13.4. The van der Waals surface area contributed by atoms with Crippen LogP contribution < -0.4 is 10.1 Å². The second-order valence-electron chi connectivity index (χ2n) is 5.25. The van der Waals surface area contributed by atoms with Crippen molar-refractivity contribution in [2.24, 2.45) is 11.8 Å². The molecule has 2 atom stereocenters. The quantitative estimate of drug-likeness (QED) is 0.914. The summed E-state index contributed by atoms with van der Waals surface area (Å²) in [6.45, 7) is 4.54. The van der Waals surface area contributed by atoms with Crippen LogP contribution in [0, 0.1) is 11.8 Å². The van der Waals surface area contributed by atoms with E-state index in [1.807, 2.05) is 0 Å². The fourth-order valence-electron chi connectivity index (χ4n) is 2.68. The van der Waals surface area contributed by atoms with Gasteiger partial charge < -0.3 is 10.1 Å². The molecule has 1 aromatic heterocycles. The minimum atomic E-state index is 0.209. The Kier molecular flexibility index (Phi) is 4.27. The van der Waals surface area contributed by atoms with Crippen LogP contribution in [0.3, 0.4) is 0 Å². The van der Waals surface area contributed by atoms with Crippen molar-refractivity contribution in [1.82, 2.24) is 9.97 Å². The largest absolute Gasteiger partial charge is 0.473 e. The zero-order valence-electron chi connectivity index (χ0n) is 11.1. The molecule has 1 fully saturated rings. The van der Waals surface area contributed by atoms with Crippen molar-refractivity contribution < 1.29 is 4.74 Å². The summed E-state index contributed by atoms with van der Waals surface area (Å²) in [5.41, 5.74) is 0. The highest BCUT2D eigenvalue weighted by molar-refractivity contribution is 6.31. The highest BCUT2D eigenvalue weighted by Crippen LogP contribution is 2.32. The van der Waals surface area contributed by atoms with Crippen LogP contribution in [0.2, 0.25) is 5.02 Å². The van der Waals surface area contributed by atoms with Gasteiger partial charge in [0, 0.05) is 7.05 Å². The number of hydrogen-bond acceptors (Lipinski definition) is 4. The predicted molar refractivity (Wildman–Crippen MR) is 73.2 cm³/mol. The van der Waals surface area contributed by atoms with Crippen LogP contribution >= 0.6 is 11.6 Å². The zero-order valence-corrected chi connectivity index (χ0v) is 11.9. The number of hydrogen-bond donors (Lipinski definition) is 1. The van der Waals surface area contributed by atoms with E-state index in [0.29, 0.717) is 28.7 Å². The number of ether oxygens (including phenoxy) is 1. The van der Waals surface area contributed by atoms with Crippen LogP contribution in [0.1, 0.15) is 33.1 Å². The Bertz CT molecular complexity index is 403. The van der Waals surface area contributed by atoms with Gasteiger partial charge in [0.1, 0.15) is 11.1 Å². The van der Waals surface area contributed by atoms with Gasteiger partial charge in [0.2, 0.25) is 11.8 Å². The maximum atomic E-state index is 6.07. The first-order valence-electron chi connectivity index (χ1n) is 6.45. The van der Waals surface area contributed by atoms with Gasteiger partial charge in [-0.25, -0.2) is 4.98 Å². The van der Waals surface area contributed by atoms with Gasteiger partial charge in [0.15, 0.2) is 0 Å². The maximum Gasteiger partial charge on any atom is 0.237 e. The summed E-state index contributed by atoms with van der Waals surface area (Å²) in [5.74, 6) is 2.42. The normalized spacial score (nSPS) is 27.9. The summed E-state index contributed by atoms with van der Waals surface area (Å²) < 4.78 is 5.95. The van der Waals surface area contributed by atoms with Gasteiger partial charge in [-0.3, -0.25) is 0 Å². The van der Waals surface area contributed by atoms with Crippen molar-refractivity contribution in [3.05, 3.63) is 11.2 Å². The Labute approximate surface area is 113 Å². The first-order chi connectivity index (χ1) is 8.58. The molecular weight excluding hydrogens is 250 g/mol. The molecule has 0 bridgehead atoms. The molecule has 5 heteroatoms.